The number of hydrogen-bond acceptors (Lipinski definition) is 4. The fraction of sp³-hybridized carbons (Fsp3) is 0.333. The van der Waals surface area contributed by atoms with Crippen LogP contribution in [-0.2, 0) is 0 Å². The predicted molar refractivity (Wildman–Crippen MR) is 88.5 cm³/mol. The molecule has 5 heteroatoms. The highest BCUT2D eigenvalue weighted by Crippen LogP contribution is 2.28. The van der Waals surface area contributed by atoms with Crippen LogP contribution in [0.2, 0.25) is 0 Å². The topological polar surface area (TPSA) is 68.5 Å². The van der Waals surface area contributed by atoms with Gasteiger partial charge >= 0.3 is 0 Å². The second kappa shape index (κ2) is 7.24. The van der Waals surface area contributed by atoms with E-state index < -0.39 is 0 Å². The van der Waals surface area contributed by atoms with Crippen LogP contribution >= 0.6 is 0 Å². The van der Waals surface area contributed by atoms with Gasteiger partial charge in [-0.1, -0.05) is 0 Å². The molecule has 1 aromatic carbocycles. The SMILES string of the molecule is NCCCOc1ccc(C(=O)N2CC(c3ccncc3)C2)cc1. The van der Waals surface area contributed by atoms with Crippen molar-refractivity contribution >= 4 is 5.91 Å². The van der Waals surface area contributed by atoms with E-state index in [1.807, 2.05) is 41.3 Å². The van der Waals surface area contributed by atoms with Crippen LogP contribution in [0.25, 0.3) is 0 Å². The Morgan fingerprint density at radius 3 is 2.52 bits per heavy atom. The number of likely N-dealkylation sites (tertiary alicyclic amines) is 1. The molecule has 23 heavy (non-hydrogen) atoms. The Hall–Kier alpha value is -2.40. The van der Waals surface area contributed by atoms with Crippen molar-refractivity contribution in [3.05, 3.63) is 59.9 Å². The van der Waals surface area contributed by atoms with Gasteiger partial charge in [0.1, 0.15) is 5.75 Å². The largest absolute Gasteiger partial charge is 0.494 e. The van der Waals surface area contributed by atoms with Crippen molar-refractivity contribution < 1.29 is 9.53 Å². The second-order valence-corrected chi connectivity index (χ2v) is 5.70. The third-order valence-corrected chi connectivity index (χ3v) is 4.06. The highest BCUT2D eigenvalue weighted by molar-refractivity contribution is 5.95. The second-order valence-electron chi connectivity index (χ2n) is 5.70. The first-order valence-corrected chi connectivity index (χ1v) is 7.90. The summed E-state index contributed by atoms with van der Waals surface area (Å²) < 4.78 is 5.55. The fourth-order valence-electron chi connectivity index (χ4n) is 2.64. The van der Waals surface area contributed by atoms with Gasteiger partial charge in [0.2, 0.25) is 0 Å². The van der Waals surface area contributed by atoms with E-state index in [-0.39, 0.29) is 5.91 Å². The van der Waals surface area contributed by atoms with E-state index in [2.05, 4.69) is 4.98 Å². The van der Waals surface area contributed by atoms with E-state index in [9.17, 15) is 4.79 Å². The molecule has 1 aliphatic rings. The first kappa shape index (κ1) is 15.5. The van der Waals surface area contributed by atoms with Gasteiger partial charge in [-0.25, -0.2) is 0 Å². The maximum Gasteiger partial charge on any atom is 0.253 e. The lowest BCUT2D eigenvalue weighted by Gasteiger charge is -2.39. The summed E-state index contributed by atoms with van der Waals surface area (Å²) in [7, 11) is 0. The third-order valence-electron chi connectivity index (χ3n) is 4.06. The van der Waals surface area contributed by atoms with E-state index in [1.165, 1.54) is 5.56 Å². The van der Waals surface area contributed by atoms with Gasteiger partial charge in [0.05, 0.1) is 6.61 Å². The number of aromatic nitrogens is 1. The Bertz CT molecular complexity index is 637. The van der Waals surface area contributed by atoms with Gasteiger partial charge in [0.25, 0.3) is 5.91 Å². The van der Waals surface area contributed by atoms with Crippen molar-refractivity contribution in [1.29, 1.82) is 0 Å². The van der Waals surface area contributed by atoms with E-state index in [4.69, 9.17) is 10.5 Å². The number of benzene rings is 1. The molecule has 2 aromatic rings. The van der Waals surface area contributed by atoms with E-state index in [0.29, 0.717) is 24.6 Å². The zero-order valence-corrected chi connectivity index (χ0v) is 13.0. The molecule has 1 saturated heterocycles. The highest BCUT2D eigenvalue weighted by atomic mass is 16.5. The van der Waals surface area contributed by atoms with Gasteiger partial charge < -0.3 is 15.4 Å². The quantitative estimate of drug-likeness (QED) is 0.829. The van der Waals surface area contributed by atoms with Crippen LogP contribution in [0, 0.1) is 0 Å². The predicted octanol–water partition coefficient (Wildman–Crippen LogP) is 2.05. The number of nitrogens with zero attached hydrogens (tertiary/aromatic N) is 2. The number of carbonyl (C=O) groups is 1. The number of ether oxygens (including phenoxy) is 1. The van der Waals surface area contributed by atoms with Crippen molar-refractivity contribution in [2.75, 3.05) is 26.2 Å². The van der Waals surface area contributed by atoms with Crippen molar-refractivity contribution in [1.82, 2.24) is 9.88 Å². The average Bonchev–Trinajstić information content (AvgIpc) is 2.55. The Morgan fingerprint density at radius 2 is 1.87 bits per heavy atom. The zero-order chi connectivity index (χ0) is 16.1. The molecule has 2 N–H and O–H groups in total. The van der Waals surface area contributed by atoms with Gasteiger partial charge in [-0.3, -0.25) is 9.78 Å². The number of amides is 1. The summed E-state index contributed by atoms with van der Waals surface area (Å²) >= 11 is 0. The van der Waals surface area contributed by atoms with E-state index >= 15 is 0 Å². The van der Waals surface area contributed by atoms with Gasteiger partial charge in [-0.15, -0.1) is 0 Å². The minimum Gasteiger partial charge on any atom is -0.494 e. The summed E-state index contributed by atoms with van der Waals surface area (Å²) in [6.07, 6.45) is 4.41. The van der Waals surface area contributed by atoms with Crippen molar-refractivity contribution in [2.45, 2.75) is 12.3 Å². The molecule has 3 rings (SSSR count). The Kier molecular flexibility index (Phi) is 4.88. The molecule has 0 aliphatic carbocycles. The Morgan fingerprint density at radius 1 is 1.17 bits per heavy atom. The highest BCUT2D eigenvalue weighted by Gasteiger charge is 2.32. The molecule has 1 fully saturated rings. The zero-order valence-electron chi connectivity index (χ0n) is 13.0. The Balaban J connectivity index is 1.53. The van der Waals surface area contributed by atoms with E-state index in [1.54, 1.807) is 12.4 Å². The molecule has 1 amide bonds. The third kappa shape index (κ3) is 3.68. The molecule has 1 aromatic heterocycles. The monoisotopic (exact) mass is 311 g/mol. The summed E-state index contributed by atoms with van der Waals surface area (Å²) in [5, 5.41) is 0. The molecule has 1 aliphatic heterocycles. The first-order valence-electron chi connectivity index (χ1n) is 7.90. The van der Waals surface area contributed by atoms with Crippen LogP contribution in [0.15, 0.2) is 48.8 Å². The normalized spacial score (nSPS) is 14.4. The molecule has 2 heterocycles. The molecule has 0 spiro atoms. The van der Waals surface area contributed by atoms with Crippen LogP contribution in [0.4, 0.5) is 0 Å². The molecule has 5 nitrogen and oxygen atoms in total. The van der Waals surface area contributed by atoms with Crippen LogP contribution in [0.3, 0.4) is 0 Å². The lowest BCUT2D eigenvalue weighted by Crippen LogP contribution is -2.48. The molecular formula is C18H21N3O2. The molecule has 0 unspecified atom stereocenters. The molecule has 0 saturated carbocycles. The first-order chi connectivity index (χ1) is 11.3. The van der Waals surface area contributed by atoms with Crippen molar-refractivity contribution in [3.8, 4) is 5.75 Å². The van der Waals surface area contributed by atoms with Crippen molar-refractivity contribution in [3.63, 3.8) is 0 Å². The summed E-state index contributed by atoms with van der Waals surface area (Å²) in [5.41, 5.74) is 7.37. The van der Waals surface area contributed by atoms with Crippen LogP contribution < -0.4 is 10.5 Å². The fourth-order valence-corrected chi connectivity index (χ4v) is 2.64. The molecule has 0 atom stereocenters. The van der Waals surface area contributed by atoms with Gasteiger partial charge in [-0.05, 0) is 54.9 Å². The number of nitrogens with two attached hydrogens (primary N) is 1. The summed E-state index contributed by atoms with van der Waals surface area (Å²) in [6, 6.07) is 11.3. The van der Waals surface area contributed by atoms with Crippen LogP contribution in [0.5, 0.6) is 5.75 Å². The summed E-state index contributed by atoms with van der Waals surface area (Å²) in [6.45, 7) is 2.74. The Labute approximate surface area is 136 Å². The molecule has 0 radical (unpaired) electrons. The lowest BCUT2D eigenvalue weighted by atomic mass is 9.91. The van der Waals surface area contributed by atoms with Crippen molar-refractivity contribution in [2.24, 2.45) is 5.73 Å². The lowest BCUT2D eigenvalue weighted by molar-refractivity contribution is 0.0602. The van der Waals surface area contributed by atoms with Gasteiger partial charge in [0, 0.05) is 37.0 Å². The summed E-state index contributed by atoms with van der Waals surface area (Å²) in [4.78, 5) is 18.3. The van der Waals surface area contributed by atoms with Crippen LogP contribution in [0.1, 0.15) is 28.3 Å². The van der Waals surface area contributed by atoms with Gasteiger partial charge in [-0.2, -0.15) is 0 Å². The minimum atomic E-state index is 0.0730. The molecule has 0 bridgehead atoms. The summed E-state index contributed by atoms with van der Waals surface area (Å²) in [5.74, 6) is 1.26. The molecule has 120 valence electrons. The number of rotatable bonds is 6. The maximum atomic E-state index is 12.4. The van der Waals surface area contributed by atoms with Gasteiger partial charge in [0.15, 0.2) is 0 Å². The van der Waals surface area contributed by atoms with Crippen LogP contribution in [-0.4, -0.2) is 42.0 Å². The maximum absolute atomic E-state index is 12.4. The number of carbonyl (C=O) groups excluding carboxylic acids is 1. The van der Waals surface area contributed by atoms with E-state index in [0.717, 1.165) is 25.3 Å². The smallest absolute Gasteiger partial charge is 0.253 e. The number of hydrogen-bond donors (Lipinski definition) is 1. The molecular weight excluding hydrogens is 290 g/mol. The number of pyridine rings is 1. The minimum absolute atomic E-state index is 0.0730. The standard InChI is InChI=1S/C18H21N3O2/c19-8-1-11-23-17-4-2-15(3-5-17)18(22)21-12-16(13-21)14-6-9-20-10-7-14/h2-7,9-10,16H,1,8,11-13,19H2. The average molecular weight is 311 g/mol.